The summed E-state index contributed by atoms with van der Waals surface area (Å²) in [6.07, 6.45) is 5.36. The third-order valence-corrected chi connectivity index (χ3v) is 5.30. The highest BCUT2D eigenvalue weighted by Crippen LogP contribution is 2.41. The fraction of sp³-hybridized carbons (Fsp3) is 0.722. The van der Waals surface area contributed by atoms with Crippen molar-refractivity contribution in [3.63, 3.8) is 0 Å². The summed E-state index contributed by atoms with van der Waals surface area (Å²) in [6, 6.07) is 0. The molecular weight excluding hydrogens is 292 g/mol. The maximum atomic E-state index is 6.29. The lowest BCUT2D eigenvalue weighted by Gasteiger charge is -2.44. The van der Waals surface area contributed by atoms with Crippen LogP contribution in [-0.4, -0.2) is 48.6 Å². The van der Waals surface area contributed by atoms with Crippen molar-refractivity contribution in [2.45, 2.75) is 45.3 Å². The van der Waals surface area contributed by atoms with Gasteiger partial charge in [-0.1, -0.05) is 17.7 Å². The van der Waals surface area contributed by atoms with E-state index < -0.39 is 0 Å². The molecule has 1 aromatic heterocycles. The van der Waals surface area contributed by atoms with Gasteiger partial charge in [-0.3, -0.25) is 4.90 Å². The first-order valence-corrected chi connectivity index (χ1v) is 8.61. The van der Waals surface area contributed by atoms with E-state index in [0.717, 1.165) is 50.7 Å². The number of aryl methyl sites for hydroxylation is 2. The first-order chi connectivity index (χ1) is 11.1. The predicted molar refractivity (Wildman–Crippen MR) is 88.3 cm³/mol. The molecule has 128 valence electrons. The molecule has 1 spiro atoms. The third kappa shape index (κ3) is 3.52. The summed E-state index contributed by atoms with van der Waals surface area (Å²) in [7, 11) is 0. The van der Waals surface area contributed by atoms with Crippen LogP contribution in [0.15, 0.2) is 17.2 Å². The highest BCUT2D eigenvalue weighted by atomic mass is 16.5. The van der Waals surface area contributed by atoms with Gasteiger partial charge in [-0.15, -0.1) is 6.58 Å². The predicted octanol–water partition coefficient (Wildman–Crippen LogP) is 2.87. The Hall–Kier alpha value is -1.17. The number of morpholine rings is 1. The van der Waals surface area contributed by atoms with E-state index in [-0.39, 0.29) is 5.60 Å². The lowest BCUT2D eigenvalue weighted by Crippen LogP contribution is -2.54. The zero-order valence-electron chi connectivity index (χ0n) is 14.3. The van der Waals surface area contributed by atoms with E-state index in [0.29, 0.717) is 12.5 Å². The van der Waals surface area contributed by atoms with Crippen molar-refractivity contribution in [2.24, 2.45) is 5.92 Å². The van der Waals surface area contributed by atoms with Gasteiger partial charge in [0.25, 0.3) is 0 Å². The Morgan fingerprint density at radius 2 is 2.35 bits per heavy atom. The van der Waals surface area contributed by atoms with E-state index >= 15 is 0 Å². The van der Waals surface area contributed by atoms with Crippen LogP contribution >= 0.6 is 0 Å². The van der Waals surface area contributed by atoms with Gasteiger partial charge in [-0.2, -0.15) is 0 Å². The second-order valence-corrected chi connectivity index (χ2v) is 6.84. The lowest BCUT2D eigenvalue weighted by molar-refractivity contribution is -0.142. The standard InChI is InChI=1S/C18H28N2O3/c1-4-9-21-12-16-6-5-7-18(16)13-20(8-10-22-18)11-17-14(2)19-23-15(17)3/h4,16H,1,5-13H2,2-3H3/t16-,18+/m0/s1. The quantitative estimate of drug-likeness (QED) is 0.596. The molecule has 2 aliphatic rings. The molecule has 0 bridgehead atoms. The van der Waals surface area contributed by atoms with Crippen molar-refractivity contribution >= 4 is 0 Å². The molecule has 0 amide bonds. The maximum Gasteiger partial charge on any atom is 0.138 e. The average Bonchev–Trinajstić information content (AvgIpc) is 3.06. The molecule has 2 heterocycles. The Bertz CT molecular complexity index is 523. The van der Waals surface area contributed by atoms with Crippen LogP contribution < -0.4 is 0 Å². The molecule has 1 aliphatic heterocycles. The second kappa shape index (κ2) is 7.16. The normalized spacial score (nSPS) is 28.5. The van der Waals surface area contributed by atoms with Gasteiger partial charge in [-0.25, -0.2) is 0 Å². The highest BCUT2D eigenvalue weighted by molar-refractivity contribution is 5.20. The summed E-state index contributed by atoms with van der Waals surface area (Å²) in [5.74, 6) is 1.41. The summed E-state index contributed by atoms with van der Waals surface area (Å²) in [5, 5.41) is 4.07. The number of aromatic nitrogens is 1. The molecular formula is C18H28N2O3. The Morgan fingerprint density at radius 1 is 1.48 bits per heavy atom. The smallest absolute Gasteiger partial charge is 0.138 e. The van der Waals surface area contributed by atoms with Crippen molar-refractivity contribution in [3.8, 4) is 0 Å². The van der Waals surface area contributed by atoms with Crippen LogP contribution in [0.1, 0.15) is 36.3 Å². The van der Waals surface area contributed by atoms with Gasteiger partial charge in [0.1, 0.15) is 5.76 Å². The van der Waals surface area contributed by atoms with E-state index in [4.69, 9.17) is 14.0 Å². The summed E-state index contributed by atoms with van der Waals surface area (Å²) < 4.78 is 17.3. The van der Waals surface area contributed by atoms with E-state index in [1.807, 2.05) is 19.9 Å². The van der Waals surface area contributed by atoms with Gasteiger partial charge in [-0.05, 0) is 26.7 Å². The van der Waals surface area contributed by atoms with E-state index in [9.17, 15) is 0 Å². The molecule has 0 unspecified atom stereocenters. The van der Waals surface area contributed by atoms with Crippen LogP contribution in [0, 0.1) is 19.8 Å². The summed E-state index contributed by atoms with van der Waals surface area (Å²) in [6.45, 7) is 12.7. The monoisotopic (exact) mass is 320 g/mol. The van der Waals surface area contributed by atoms with Gasteiger partial charge in [0.2, 0.25) is 0 Å². The molecule has 1 aromatic rings. The molecule has 2 fully saturated rings. The van der Waals surface area contributed by atoms with E-state index in [1.165, 1.54) is 18.4 Å². The van der Waals surface area contributed by atoms with Crippen molar-refractivity contribution in [1.82, 2.24) is 10.1 Å². The molecule has 0 radical (unpaired) electrons. The van der Waals surface area contributed by atoms with Crippen molar-refractivity contribution in [1.29, 1.82) is 0 Å². The lowest BCUT2D eigenvalue weighted by atomic mass is 9.89. The molecule has 1 saturated carbocycles. The zero-order chi connectivity index (χ0) is 16.3. The fourth-order valence-corrected chi connectivity index (χ4v) is 4.01. The number of hydrogen-bond donors (Lipinski definition) is 0. The fourth-order valence-electron chi connectivity index (χ4n) is 4.01. The minimum atomic E-state index is -0.0433. The summed E-state index contributed by atoms with van der Waals surface area (Å²) in [4.78, 5) is 2.49. The molecule has 5 heteroatoms. The molecule has 5 nitrogen and oxygen atoms in total. The van der Waals surface area contributed by atoms with E-state index in [1.54, 1.807) is 0 Å². The Kier molecular flexibility index (Phi) is 5.19. The van der Waals surface area contributed by atoms with Crippen molar-refractivity contribution in [3.05, 3.63) is 29.7 Å². The molecule has 0 N–H and O–H groups in total. The largest absolute Gasteiger partial charge is 0.377 e. The zero-order valence-corrected chi connectivity index (χ0v) is 14.3. The molecule has 3 rings (SSSR count). The highest BCUT2D eigenvalue weighted by Gasteiger charge is 2.47. The molecule has 1 aliphatic carbocycles. The first kappa shape index (κ1) is 16.7. The van der Waals surface area contributed by atoms with Gasteiger partial charge in [0.05, 0.1) is 31.1 Å². The Balaban J connectivity index is 1.66. The second-order valence-electron chi connectivity index (χ2n) is 6.84. The molecule has 0 aromatic carbocycles. The van der Waals surface area contributed by atoms with Gasteiger partial charge < -0.3 is 14.0 Å². The number of nitrogens with zero attached hydrogens (tertiary/aromatic N) is 2. The minimum Gasteiger partial charge on any atom is -0.377 e. The van der Waals surface area contributed by atoms with Crippen LogP contribution in [0.5, 0.6) is 0 Å². The van der Waals surface area contributed by atoms with Crippen LogP contribution in [0.25, 0.3) is 0 Å². The summed E-state index contributed by atoms with van der Waals surface area (Å²) >= 11 is 0. The van der Waals surface area contributed by atoms with E-state index in [2.05, 4.69) is 16.6 Å². The van der Waals surface area contributed by atoms with Gasteiger partial charge in [0.15, 0.2) is 0 Å². The third-order valence-electron chi connectivity index (χ3n) is 5.30. The Morgan fingerprint density at radius 3 is 3.09 bits per heavy atom. The van der Waals surface area contributed by atoms with Gasteiger partial charge in [0, 0.05) is 31.1 Å². The number of hydrogen-bond acceptors (Lipinski definition) is 5. The van der Waals surface area contributed by atoms with Crippen LogP contribution in [0.2, 0.25) is 0 Å². The van der Waals surface area contributed by atoms with Crippen molar-refractivity contribution < 1.29 is 14.0 Å². The van der Waals surface area contributed by atoms with Gasteiger partial charge >= 0.3 is 0 Å². The maximum absolute atomic E-state index is 6.29. The van der Waals surface area contributed by atoms with Crippen molar-refractivity contribution in [2.75, 3.05) is 32.9 Å². The summed E-state index contributed by atoms with van der Waals surface area (Å²) in [5.41, 5.74) is 2.18. The first-order valence-electron chi connectivity index (χ1n) is 8.61. The van der Waals surface area contributed by atoms with Crippen LogP contribution in [0.3, 0.4) is 0 Å². The Labute approximate surface area is 138 Å². The van der Waals surface area contributed by atoms with Crippen LogP contribution in [-0.2, 0) is 16.0 Å². The molecule has 1 saturated heterocycles. The molecule has 23 heavy (non-hydrogen) atoms. The molecule has 2 atom stereocenters. The minimum absolute atomic E-state index is 0.0433. The average molecular weight is 320 g/mol. The SMILES string of the molecule is C=CCOC[C@@H]1CCC[C@@]12CN(Cc1c(C)noc1C)CCO2. The van der Waals surface area contributed by atoms with Crippen LogP contribution in [0.4, 0.5) is 0 Å². The number of rotatable bonds is 6. The number of ether oxygens (including phenoxy) is 2. The topological polar surface area (TPSA) is 47.7 Å².